The van der Waals surface area contributed by atoms with Crippen LogP contribution in [0, 0.1) is 6.92 Å². The van der Waals surface area contributed by atoms with Crippen molar-refractivity contribution in [1.29, 1.82) is 0 Å². The van der Waals surface area contributed by atoms with Gasteiger partial charge in [-0.2, -0.15) is 18.2 Å². The second-order valence-corrected chi connectivity index (χ2v) is 7.75. The van der Waals surface area contributed by atoms with Gasteiger partial charge in [0.1, 0.15) is 0 Å². The zero-order valence-electron chi connectivity index (χ0n) is 16.7. The molecule has 30 heavy (non-hydrogen) atoms. The van der Waals surface area contributed by atoms with Gasteiger partial charge in [-0.05, 0) is 38.3 Å². The molecule has 1 saturated heterocycles. The second kappa shape index (κ2) is 7.70. The number of benzene rings is 1. The highest BCUT2D eigenvalue weighted by molar-refractivity contribution is 5.83. The third-order valence-corrected chi connectivity index (χ3v) is 5.70. The summed E-state index contributed by atoms with van der Waals surface area (Å²) in [5.74, 6) is -1.44. The van der Waals surface area contributed by atoms with Gasteiger partial charge in [-0.1, -0.05) is 29.8 Å². The molecular formula is C21H22F3N5O. The number of fused-ring (bicyclic) bond motifs is 1. The summed E-state index contributed by atoms with van der Waals surface area (Å²) < 4.78 is 40.1. The summed E-state index contributed by atoms with van der Waals surface area (Å²) in [7, 11) is 0. The Balaban J connectivity index is 1.47. The maximum atomic E-state index is 13.0. The lowest BCUT2D eigenvalue weighted by Crippen LogP contribution is -2.40. The Morgan fingerprint density at radius 1 is 1.13 bits per heavy atom. The topological polar surface area (TPSA) is 63.4 Å². The van der Waals surface area contributed by atoms with Gasteiger partial charge in [-0.15, -0.1) is 5.10 Å². The number of hydrogen-bond acceptors (Lipinski definition) is 4. The van der Waals surface area contributed by atoms with Gasteiger partial charge in [0.2, 0.25) is 5.91 Å². The molecule has 0 radical (unpaired) electrons. The van der Waals surface area contributed by atoms with Crippen LogP contribution in [0.5, 0.6) is 0 Å². The lowest BCUT2D eigenvalue weighted by Gasteiger charge is -2.33. The zero-order chi connectivity index (χ0) is 21.5. The minimum absolute atomic E-state index is 0.0167. The molecular weight excluding hydrogens is 395 g/mol. The van der Waals surface area contributed by atoms with Crippen molar-refractivity contribution in [3.8, 4) is 0 Å². The van der Waals surface area contributed by atoms with E-state index in [1.54, 1.807) is 6.07 Å². The Labute approximate surface area is 171 Å². The van der Waals surface area contributed by atoms with Crippen molar-refractivity contribution >= 4 is 11.7 Å². The molecule has 3 aromatic rings. The van der Waals surface area contributed by atoms with E-state index < -0.39 is 12.0 Å². The molecule has 6 nitrogen and oxygen atoms in total. The van der Waals surface area contributed by atoms with E-state index >= 15 is 0 Å². The van der Waals surface area contributed by atoms with Crippen LogP contribution >= 0.6 is 0 Å². The van der Waals surface area contributed by atoms with Crippen molar-refractivity contribution in [2.45, 2.75) is 44.7 Å². The summed E-state index contributed by atoms with van der Waals surface area (Å²) in [4.78, 5) is 22.1. The van der Waals surface area contributed by atoms with E-state index in [9.17, 15) is 18.0 Å². The minimum atomic E-state index is -4.62. The van der Waals surface area contributed by atoms with Gasteiger partial charge in [-0.25, -0.2) is 9.50 Å². The third kappa shape index (κ3) is 3.88. The predicted octanol–water partition coefficient (Wildman–Crippen LogP) is 3.96. The fraction of sp³-hybridized carbons (Fsp3) is 0.429. The number of rotatable bonds is 3. The van der Waals surface area contributed by atoms with E-state index in [0.717, 1.165) is 11.1 Å². The fourth-order valence-electron chi connectivity index (χ4n) is 3.91. The second-order valence-electron chi connectivity index (χ2n) is 7.75. The van der Waals surface area contributed by atoms with Gasteiger partial charge in [0.25, 0.3) is 11.6 Å². The van der Waals surface area contributed by atoms with Crippen molar-refractivity contribution in [2.75, 3.05) is 13.1 Å². The summed E-state index contributed by atoms with van der Waals surface area (Å²) in [6, 6.07) is 9.61. The average molecular weight is 417 g/mol. The van der Waals surface area contributed by atoms with Crippen LogP contribution < -0.4 is 0 Å². The molecule has 1 aliphatic rings. The molecule has 1 fully saturated rings. The van der Waals surface area contributed by atoms with Crippen molar-refractivity contribution in [2.24, 2.45) is 0 Å². The maximum Gasteiger partial charge on any atom is 0.453 e. The molecule has 0 N–H and O–H groups in total. The number of carbonyl (C=O) groups is 1. The van der Waals surface area contributed by atoms with E-state index in [2.05, 4.69) is 15.1 Å². The largest absolute Gasteiger partial charge is 0.453 e. The van der Waals surface area contributed by atoms with Crippen LogP contribution in [0.15, 0.2) is 36.5 Å². The van der Waals surface area contributed by atoms with E-state index in [1.165, 1.54) is 10.7 Å². The van der Waals surface area contributed by atoms with Crippen LogP contribution in [0.3, 0.4) is 0 Å². The van der Waals surface area contributed by atoms with Crippen LogP contribution in [0.2, 0.25) is 0 Å². The van der Waals surface area contributed by atoms with E-state index in [4.69, 9.17) is 0 Å². The van der Waals surface area contributed by atoms with E-state index in [0.29, 0.717) is 31.6 Å². The number of aromatic nitrogens is 4. The fourth-order valence-corrected chi connectivity index (χ4v) is 3.91. The van der Waals surface area contributed by atoms with Crippen molar-refractivity contribution in [1.82, 2.24) is 24.5 Å². The monoisotopic (exact) mass is 417 g/mol. The summed E-state index contributed by atoms with van der Waals surface area (Å²) >= 11 is 0. The smallest absolute Gasteiger partial charge is 0.342 e. The number of amides is 1. The summed E-state index contributed by atoms with van der Waals surface area (Å²) in [5, 5.41) is 3.63. The first-order valence-electron chi connectivity index (χ1n) is 9.88. The van der Waals surface area contributed by atoms with Crippen LogP contribution in [-0.4, -0.2) is 43.5 Å². The van der Waals surface area contributed by atoms with Crippen LogP contribution in [0.25, 0.3) is 5.78 Å². The molecule has 0 unspecified atom stereocenters. The maximum absolute atomic E-state index is 13.0. The zero-order valence-corrected chi connectivity index (χ0v) is 16.7. The van der Waals surface area contributed by atoms with E-state index in [1.807, 2.05) is 43.0 Å². The Hall–Kier alpha value is -2.97. The van der Waals surface area contributed by atoms with Crippen LogP contribution in [0.4, 0.5) is 13.2 Å². The SMILES string of the molecule is Cc1ccc([C@H](C)C(=O)N2CCC(c3ccnc4nc(C(F)(F)F)nn34)CC2)cc1. The van der Waals surface area contributed by atoms with Gasteiger partial charge >= 0.3 is 6.18 Å². The molecule has 4 rings (SSSR count). The van der Waals surface area contributed by atoms with Crippen molar-refractivity contribution in [3.63, 3.8) is 0 Å². The number of nitrogens with zero attached hydrogens (tertiary/aromatic N) is 5. The van der Waals surface area contributed by atoms with Crippen molar-refractivity contribution in [3.05, 3.63) is 59.2 Å². The number of aryl methyl sites for hydroxylation is 1. The van der Waals surface area contributed by atoms with E-state index in [-0.39, 0.29) is 23.5 Å². The molecule has 1 aromatic carbocycles. The molecule has 1 aliphatic heterocycles. The number of hydrogen-bond donors (Lipinski definition) is 0. The Kier molecular flexibility index (Phi) is 5.21. The van der Waals surface area contributed by atoms with Gasteiger partial charge in [0.15, 0.2) is 0 Å². The first-order chi connectivity index (χ1) is 14.2. The predicted molar refractivity (Wildman–Crippen MR) is 104 cm³/mol. The molecule has 2 aromatic heterocycles. The van der Waals surface area contributed by atoms with Gasteiger partial charge in [0, 0.05) is 25.2 Å². The third-order valence-electron chi connectivity index (χ3n) is 5.70. The normalized spacial score (nSPS) is 16.8. The van der Waals surface area contributed by atoms with Gasteiger partial charge in [0.05, 0.1) is 11.6 Å². The highest BCUT2D eigenvalue weighted by atomic mass is 19.4. The molecule has 0 spiro atoms. The lowest BCUT2D eigenvalue weighted by molar-refractivity contribution is -0.144. The number of alkyl halides is 3. The Morgan fingerprint density at radius 3 is 2.43 bits per heavy atom. The first-order valence-corrected chi connectivity index (χ1v) is 9.88. The highest BCUT2D eigenvalue weighted by Crippen LogP contribution is 2.31. The quantitative estimate of drug-likeness (QED) is 0.647. The minimum Gasteiger partial charge on any atom is -0.342 e. The first kappa shape index (κ1) is 20.3. The van der Waals surface area contributed by atoms with Crippen LogP contribution in [-0.2, 0) is 11.0 Å². The number of likely N-dealkylation sites (tertiary alicyclic amines) is 1. The molecule has 0 aliphatic carbocycles. The molecule has 9 heteroatoms. The number of halogens is 3. The molecule has 0 bridgehead atoms. The lowest BCUT2D eigenvalue weighted by atomic mass is 9.91. The Morgan fingerprint density at radius 2 is 1.80 bits per heavy atom. The number of carbonyl (C=O) groups excluding carboxylic acids is 1. The van der Waals surface area contributed by atoms with Gasteiger partial charge in [-0.3, -0.25) is 4.79 Å². The molecule has 158 valence electrons. The standard InChI is InChI=1S/C21H22F3N5O/c1-13-3-5-15(6-4-13)14(2)18(30)28-11-8-16(9-12-28)17-7-10-25-20-26-19(21(22,23)24)27-29(17)20/h3-7,10,14,16H,8-9,11-12H2,1-2H3/t14-/m0/s1. The molecule has 1 amide bonds. The Bertz CT molecular complexity index is 1050. The summed E-state index contributed by atoms with van der Waals surface area (Å²) in [6.45, 7) is 5.00. The highest BCUT2D eigenvalue weighted by Gasteiger charge is 2.37. The molecule has 0 saturated carbocycles. The van der Waals surface area contributed by atoms with Gasteiger partial charge < -0.3 is 4.90 Å². The molecule has 1 atom stereocenters. The van der Waals surface area contributed by atoms with Crippen LogP contribution in [0.1, 0.15) is 54.2 Å². The van der Waals surface area contributed by atoms with Crippen molar-refractivity contribution < 1.29 is 18.0 Å². The summed E-state index contributed by atoms with van der Waals surface area (Å²) in [5.41, 5.74) is 2.76. The molecule has 3 heterocycles. The summed E-state index contributed by atoms with van der Waals surface area (Å²) in [6.07, 6.45) is -1.87. The number of piperidine rings is 1. The average Bonchev–Trinajstić information content (AvgIpc) is 3.18.